The molecule has 0 bridgehead atoms. The largest absolute Gasteiger partial charge is 0.490 e. The summed E-state index contributed by atoms with van der Waals surface area (Å²) in [7, 11) is 0. The molecule has 2 atom stereocenters. The van der Waals surface area contributed by atoms with Crippen LogP contribution in [0.4, 0.5) is 5.69 Å². The fourth-order valence-corrected chi connectivity index (χ4v) is 4.26. The lowest BCUT2D eigenvalue weighted by Crippen LogP contribution is -2.46. The van der Waals surface area contributed by atoms with E-state index in [9.17, 15) is 5.11 Å². The van der Waals surface area contributed by atoms with Crippen molar-refractivity contribution in [1.82, 2.24) is 4.90 Å². The normalized spacial score (nSPS) is 16.4. The van der Waals surface area contributed by atoms with Crippen LogP contribution in [0.15, 0.2) is 54.6 Å². The first-order valence-corrected chi connectivity index (χ1v) is 12.8. The molecule has 3 N–H and O–H groups in total. The van der Waals surface area contributed by atoms with Gasteiger partial charge >= 0.3 is 0 Å². The topological polar surface area (TPSA) is 71.2 Å². The van der Waals surface area contributed by atoms with Crippen LogP contribution in [-0.2, 0) is 0 Å². The van der Waals surface area contributed by atoms with Crippen molar-refractivity contribution < 1.29 is 14.6 Å². The number of para-hydroxylation sites is 3. The molecular formula is C28H43N3O3. The summed E-state index contributed by atoms with van der Waals surface area (Å²) in [6, 6.07) is 18.1. The minimum atomic E-state index is -0.700. The van der Waals surface area contributed by atoms with Gasteiger partial charge in [0, 0.05) is 37.9 Å². The molecule has 2 aromatic rings. The standard InChI is InChI=1S/C28H43N3O3/c1-23(2)28(29)25(32)22-34-27-15-9-8-14-26(27)33-21-11-4-3-10-16-30-17-19-31(20-18-30)24-12-6-5-7-13-24/h5-9,12-15,23,25,28,32H,3-4,10-11,16-22,29H2,1-2H3/t25-,28?/m1/s1. The molecule has 0 spiro atoms. The number of nitrogens with two attached hydrogens (primary N) is 1. The monoisotopic (exact) mass is 469 g/mol. The van der Waals surface area contributed by atoms with E-state index < -0.39 is 6.10 Å². The summed E-state index contributed by atoms with van der Waals surface area (Å²) < 4.78 is 11.8. The Labute approximate surface area is 205 Å². The average Bonchev–Trinajstić information content (AvgIpc) is 2.87. The van der Waals surface area contributed by atoms with Crippen LogP contribution in [0.1, 0.15) is 39.5 Å². The first-order chi connectivity index (χ1) is 16.5. The van der Waals surface area contributed by atoms with Crippen molar-refractivity contribution in [2.24, 2.45) is 11.7 Å². The van der Waals surface area contributed by atoms with Gasteiger partial charge in [-0.3, -0.25) is 4.90 Å². The van der Waals surface area contributed by atoms with Gasteiger partial charge in [-0.2, -0.15) is 0 Å². The lowest BCUT2D eigenvalue weighted by atomic mass is 10.0. The molecular weight excluding hydrogens is 426 g/mol. The molecule has 2 aromatic carbocycles. The second-order valence-electron chi connectivity index (χ2n) is 9.57. The Balaban J connectivity index is 1.26. The molecule has 0 aromatic heterocycles. The Hall–Kier alpha value is -2.28. The number of benzene rings is 2. The predicted octanol–water partition coefficient (Wildman–Crippen LogP) is 4.17. The summed E-state index contributed by atoms with van der Waals surface area (Å²) >= 11 is 0. The maximum Gasteiger partial charge on any atom is 0.161 e. The molecule has 1 saturated heterocycles. The number of anilines is 1. The number of rotatable bonds is 14. The smallest absolute Gasteiger partial charge is 0.161 e. The second kappa shape index (κ2) is 14.2. The van der Waals surface area contributed by atoms with Crippen molar-refractivity contribution >= 4 is 5.69 Å². The van der Waals surface area contributed by atoms with Gasteiger partial charge in [-0.15, -0.1) is 0 Å². The van der Waals surface area contributed by atoms with Gasteiger partial charge in [0.15, 0.2) is 11.5 Å². The van der Waals surface area contributed by atoms with Crippen LogP contribution in [0.25, 0.3) is 0 Å². The molecule has 0 amide bonds. The van der Waals surface area contributed by atoms with Gasteiger partial charge in [-0.25, -0.2) is 0 Å². The van der Waals surface area contributed by atoms with Crippen LogP contribution in [0.5, 0.6) is 11.5 Å². The molecule has 0 aliphatic carbocycles. The summed E-state index contributed by atoms with van der Waals surface area (Å²) in [6.07, 6.45) is 3.94. The molecule has 6 nitrogen and oxygen atoms in total. The zero-order chi connectivity index (χ0) is 24.2. The van der Waals surface area contributed by atoms with Crippen molar-refractivity contribution in [3.8, 4) is 11.5 Å². The molecule has 188 valence electrons. The van der Waals surface area contributed by atoms with Gasteiger partial charge in [-0.05, 0) is 49.6 Å². The van der Waals surface area contributed by atoms with E-state index in [1.54, 1.807) is 0 Å². The minimum absolute atomic E-state index is 0.166. The summed E-state index contributed by atoms with van der Waals surface area (Å²) in [5.74, 6) is 1.58. The van der Waals surface area contributed by atoms with E-state index in [1.165, 1.54) is 25.1 Å². The fraction of sp³-hybridized carbons (Fsp3) is 0.571. The van der Waals surface area contributed by atoms with Gasteiger partial charge in [0.1, 0.15) is 12.7 Å². The highest BCUT2D eigenvalue weighted by atomic mass is 16.5. The van der Waals surface area contributed by atoms with Crippen molar-refractivity contribution in [2.45, 2.75) is 51.7 Å². The van der Waals surface area contributed by atoms with Crippen LogP contribution >= 0.6 is 0 Å². The van der Waals surface area contributed by atoms with Crippen molar-refractivity contribution in [3.05, 3.63) is 54.6 Å². The number of hydrogen-bond acceptors (Lipinski definition) is 6. The van der Waals surface area contributed by atoms with Crippen LogP contribution < -0.4 is 20.1 Å². The number of unbranched alkanes of at least 4 members (excludes halogenated alkanes) is 3. The molecule has 0 saturated carbocycles. The highest BCUT2D eigenvalue weighted by Crippen LogP contribution is 2.27. The molecule has 1 fully saturated rings. The molecule has 0 radical (unpaired) electrons. The Bertz CT molecular complexity index is 810. The highest BCUT2D eigenvalue weighted by molar-refractivity contribution is 5.46. The lowest BCUT2D eigenvalue weighted by Gasteiger charge is -2.36. The SMILES string of the molecule is CC(C)C(N)[C@H](O)COc1ccccc1OCCCCCCN1CCN(c2ccccc2)CC1. The lowest BCUT2D eigenvalue weighted by molar-refractivity contribution is 0.0700. The Morgan fingerprint density at radius 3 is 2.12 bits per heavy atom. The third-order valence-corrected chi connectivity index (χ3v) is 6.59. The van der Waals surface area contributed by atoms with Gasteiger partial charge in [0.05, 0.1) is 6.61 Å². The molecule has 1 aliphatic rings. The molecule has 6 heteroatoms. The third-order valence-electron chi connectivity index (χ3n) is 6.59. The van der Waals surface area contributed by atoms with Crippen molar-refractivity contribution in [3.63, 3.8) is 0 Å². The van der Waals surface area contributed by atoms with E-state index in [2.05, 4.69) is 40.1 Å². The van der Waals surface area contributed by atoms with E-state index in [0.717, 1.165) is 44.8 Å². The Morgan fingerprint density at radius 2 is 1.44 bits per heavy atom. The Morgan fingerprint density at radius 1 is 0.824 bits per heavy atom. The van der Waals surface area contributed by atoms with Crippen molar-refractivity contribution in [1.29, 1.82) is 0 Å². The zero-order valence-corrected chi connectivity index (χ0v) is 20.9. The molecule has 1 aliphatic heterocycles. The number of hydrogen-bond donors (Lipinski definition) is 2. The molecule has 34 heavy (non-hydrogen) atoms. The zero-order valence-electron chi connectivity index (χ0n) is 20.9. The van der Waals surface area contributed by atoms with E-state index in [-0.39, 0.29) is 18.6 Å². The van der Waals surface area contributed by atoms with E-state index >= 15 is 0 Å². The second-order valence-corrected chi connectivity index (χ2v) is 9.57. The average molecular weight is 470 g/mol. The number of aliphatic hydroxyl groups is 1. The Kier molecular flexibility index (Phi) is 11.0. The van der Waals surface area contributed by atoms with E-state index in [0.29, 0.717) is 12.4 Å². The first-order valence-electron chi connectivity index (χ1n) is 12.8. The first kappa shape index (κ1) is 26.3. The summed E-state index contributed by atoms with van der Waals surface area (Å²) in [4.78, 5) is 5.07. The number of ether oxygens (including phenoxy) is 2. The maximum atomic E-state index is 10.2. The fourth-order valence-electron chi connectivity index (χ4n) is 4.26. The maximum absolute atomic E-state index is 10.2. The molecule has 3 rings (SSSR count). The molecule has 1 heterocycles. The number of piperazine rings is 1. The predicted molar refractivity (Wildman–Crippen MR) is 140 cm³/mol. The molecule has 1 unspecified atom stereocenters. The van der Waals surface area contributed by atoms with Crippen LogP contribution in [-0.4, -0.2) is 68.1 Å². The van der Waals surface area contributed by atoms with E-state index in [1.807, 2.05) is 38.1 Å². The summed E-state index contributed by atoms with van der Waals surface area (Å²) in [6.45, 7) is 10.5. The highest BCUT2D eigenvalue weighted by Gasteiger charge is 2.19. The van der Waals surface area contributed by atoms with Crippen LogP contribution in [0, 0.1) is 5.92 Å². The summed E-state index contributed by atoms with van der Waals surface area (Å²) in [5, 5.41) is 10.2. The van der Waals surface area contributed by atoms with Crippen LogP contribution in [0.2, 0.25) is 0 Å². The van der Waals surface area contributed by atoms with Gasteiger partial charge in [0.25, 0.3) is 0 Å². The van der Waals surface area contributed by atoms with Gasteiger partial charge < -0.3 is 25.2 Å². The van der Waals surface area contributed by atoms with Crippen molar-refractivity contribution in [2.75, 3.05) is 50.8 Å². The quantitative estimate of drug-likeness (QED) is 0.405. The van der Waals surface area contributed by atoms with Gasteiger partial charge in [0.2, 0.25) is 0 Å². The van der Waals surface area contributed by atoms with E-state index in [4.69, 9.17) is 15.2 Å². The third kappa shape index (κ3) is 8.49. The minimum Gasteiger partial charge on any atom is -0.490 e. The van der Waals surface area contributed by atoms with Crippen LogP contribution in [0.3, 0.4) is 0 Å². The number of nitrogens with zero attached hydrogens (tertiary/aromatic N) is 2. The summed E-state index contributed by atoms with van der Waals surface area (Å²) in [5.41, 5.74) is 7.35. The van der Waals surface area contributed by atoms with Gasteiger partial charge in [-0.1, -0.05) is 57.0 Å². The number of aliphatic hydroxyl groups excluding tert-OH is 1.